The zero-order valence-corrected chi connectivity index (χ0v) is 17.2. The van der Waals surface area contributed by atoms with Gasteiger partial charge in [-0.25, -0.2) is 0 Å². The lowest BCUT2D eigenvalue weighted by molar-refractivity contribution is -0.385. The highest BCUT2D eigenvalue weighted by Gasteiger charge is 2.10. The van der Waals surface area contributed by atoms with Crippen molar-refractivity contribution in [3.05, 3.63) is 56.5 Å². The molecule has 2 aromatic carbocycles. The van der Waals surface area contributed by atoms with Gasteiger partial charge < -0.3 is 19.1 Å². The summed E-state index contributed by atoms with van der Waals surface area (Å²) in [6.07, 6.45) is 0.873. The van der Waals surface area contributed by atoms with Crippen molar-refractivity contribution in [1.82, 2.24) is 4.90 Å². The number of hydrogen-bond acceptors (Lipinski definition) is 6. The minimum absolute atomic E-state index is 0.0289. The molecular weight excluding hydrogens is 416 g/mol. The third-order valence-electron chi connectivity index (χ3n) is 4.09. The van der Waals surface area contributed by atoms with Crippen molar-refractivity contribution in [1.29, 1.82) is 0 Å². The van der Waals surface area contributed by atoms with Crippen molar-refractivity contribution in [3.63, 3.8) is 0 Å². The Hall–Kier alpha value is -2.32. The van der Waals surface area contributed by atoms with Crippen LogP contribution in [0.25, 0.3) is 0 Å². The lowest BCUT2D eigenvalue weighted by Gasteiger charge is -2.18. The van der Waals surface area contributed by atoms with Crippen LogP contribution in [-0.4, -0.2) is 50.8 Å². The molecule has 0 aliphatic heterocycles. The molecule has 0 radical (unpaired) electrons. The third-order valence-corrected chi connectivity index (χ3v) is 4.71. The predicted octanol–water partition coefficient (Wildman–Crippen LogP) is 3.93. The molecule has 2 rings (SSSR count). The zero-order chi connectivity index (χ0) is 19.8. The van der Waals surface area contributed by atoms with Crippen molar-refractivity contribution in [3.8, 4) is 17.2 Å². The van der Waals surface area contributed by atoms with Gasteiger partial charge in [-0.2, -0.15) is 0 Å². The number of methoxy groups -OCH3 is 2. The number of benzene rings is 2. The Bertz CT molecular complexity index is 785. The minimum Gasteiger partial charge on any atom is -0.493 e. The van der Waals surface area contributed by atoms with E-state index in [0.29, 0.717) is 16.8 Å². The normalized spacial score (nSPS) is 10.7. The summed E-state index contributed by atoms with van der Waals surface area (Å²) in [5, 5.41) is 10.8. The molecule has 0 bridgehead atoms. The van der Waals surface area contributed by atoms with Gasteiger partial charge in [-0.15, -0.1) is 0 Å². The molecule has 27 heavy (non-hydrogen) atoms. The summed E-state index contributed by atoms with van der Waals surface area (Å²) in [4.78, 5) is 12.5. The van der Waals surface area contributed by atoms with Crippen LogP contribution >= 0.6 is 15.9 Å². The van der Waals surface area contributed by atoms with Gasteiger partial charge in [-0.05, 0) is 53.2 Å². The Morgan fingerprint density at radius 2 is 1.74 bits per heavy atom. The van der Waals surface area contributed by atoms with E-state index in [-0.39, 0.29) is 5.69 Å². The maximum Gasteiger partial charge on any atom is 0.270 e. The van der Waals surface area contributed by atoms with Crippen molar-refractivity contribution >= 4 is 21.6 Å². The summed E-state index contributed by atoms with van der Waals surface area (Å²) in [7, 11) is 5.27. The van der Waals surface area contributed by atoms with Gasteiger partial charge in [0.05, 0.1) is 23.6 Å². The fourth-order valence-corrected chi connectivity index (χ4v) is 2.98. The Morgan fingerprint density at radius 3 is 2.37 bits per heavy atom. The molecule has 0 saturated heterocycles. The smallest absolute Gasteiger partial charge is 0.270 e. The Kier molecular flexibility index (Phi) is 7.87. The van der Waals surface area contributed by atoms with Gasteiger partial charge in [0.1, 0.15) is 12.4 Å². The minimum atomic E-state index is -0.434. The summed E-state index contributed by atoms with van der Waals surface area (Å²) in [5.41, 5.74) is 1.19. The van der Waals surface area contributed by atoms with Crippen LogP contribution < -0.4 is 14.2 Å². The molecule has 0 heterocycles. The number of rotatable bonds is 10. The van der Waals surface area contributed by atoms with Crippen LogP contribution in [0.2, 0.25) is 0 Å². The lowest BCUT2D eigenvalue weighted by atomic mass is 10.1. The summed E-state index contributed by atoms with van der Waals surface area (Å²) < 4.78 is 16.9. The standard InChI is InChI=1S/C19H23BrN2O5/c1-21(9-8-14-4-6-18(25-2)19(12-14)26-3)10-11-27-17-7-5-15(22(23)24)13-16(17)20/h4-7,12-13H,8-11H2,1-3H3. The molecule has 0 aliphatic rings. The molecule has 8 heteroatoms. The average molecular weight is 439 g/mol. The van der Waals surface area contributed by atoms with E-state index in [1.54, 1.807) is 20.3 Å². The molecule has 0 saturated carbocycles. The highest BCUT2D eigenvalue weighted by atomic mass is 79.9. The number of nitro benzene ring substituents is 1. The average Bonchev–Trinajstić information content (AvgIpc) is 2.67. The topological polar surface area (TPSA) is 74.1 Å². The summed E-state index contributed by atoms with van der Waals surface area (Å²) in [6, 6.07) is 10.4. The van der Waals surface area contributed by atoms with E-state index < -0.39 is 4.92 Å². The molecule has 0 spiro atoms. The SMILES string of the molecule is COc1ccc(CCN(C)CCOc2ccc([N+](=O)[O-])cc2Br)cc1OC. The Morgan fingerprint density at radius 1 is 1.04 bits per heavy atom. The number of hydrogen-bond donors (Lipinski definition) is 0. The maximum absolute atomic E-state index is 10.8. The second-order valence-electron chi connectivity index (χ2n) is 5.96. The molecule has 0 aliphatic carbocycles. The first-order valence-electron chi connectivity index (χ1n) is 8.40. The van der Waals surface area contributed by atoms with Gasteiger partial charge in [-0.3, -0.25) is 10.1 Å². The second-order valence-corrected chi connectivity index (χ2v) is 6.82. The molecule has 0 unspecified atom stereocenters. The van der Waals surface area contributed by atoms with Crippen LogP contribution in [0.3, 0.4) is 0 Å². The first-order chi connectivity index (χ1) is 12.9. The molecule has 0 fully saturated rings. The van der Waals surface area contributed by atoms with Gasteiger partial charge >= 0.3 is 0 Å². The van der Waals surface area contributed by atoms with Crippen LogP contribution in [0.15, 0.2) is 40.9 Å². The summed E-state index contributed by atoms with van der Waals surface area (Å²) in [6.45, 7) is 2.08. The van der Waals surface area contributed by atoms with E-state index >= 15 is 0 Å². The van der Waals surface area contributed by atoms with E-state index in [0.717, 1.165) is 31.0 Å². The third kappa shape index (κ3) is 6.11. The maximum atomic E-state index is 10.8. The quantitative estimate of drug-likeness (QED) is 0.413. The fraction of sp³-hybridized carbons (Fsp3) is 0.368. The monoisotopic (exact) mass is 438 g/mol. The Labute approximate surface area is 167 Å². The van der Waals surface area contributed by atoms with E-state index in [2.05, 4.69) is 20.8 Å². The van der Waals surface area contributed by atoms with Gasteiger partial charge in [0.2, 0.25) is 0 Å². The molecule has 0 aromatic heterocycles. The van der Waals surface area contributed by atoms with Crippen LogP contribution in [0.4, 0.5) is 5.69 Å². The number of non-ortho nitro benzene ring substituents is 1. The van der Waals surface area contributed by atoms with E-state index in [9.17, 15) is 10.1 Å². The first-order valence-corrected chi connectivity index (χ1v) is 9.20. The van der Waals surface area contributed by atoms with E-state index in [1.807, 2.05) is 25.2 Å². The lowest BCUT2D eigenvalue weighted by Crippen LogP contribution is -2.26. The fourth-order valence-electron chi connectivity index (χ4n) is 2.50. The van der Waals surface area contributed by atoms with Crippen LogP contribution in [0.1, 0.15) is 5.56 Å². The van der Waals surface area contributed by atoms with Gasteiger partial charge in [0.25, 0.3) is 5.69 Å². The molecule has 146 valence electrons. The highest BCUT2D eigenvalue weighted by Crippen LogP contribution is 2.29. The largest absolute Gasteiger partial charge is 0.493 e. The first kappa shape index (κ1) is 21.0. The van der Waals surface area contributed by atoms with Gasteiger partial charge in [-0.1, -0.05) is 6.07 Å². The zero-order valence-electron chi connectivity index (χ0n) is 15.6. The molecule has 0 amide bonds. The van der Waals surface area contributed by atoms with Crippen molar-refractivity contribution in [2.75, 3.05) is 41.0 Å². The number of ether oxygens (including phenoxy) is 3. The van der Waals surface area contributed by atoms with Crippen LogP contribution in [0, 0.1) is 10.1 Å². The predicted molar refractivity (Wildman–Crippen MR) is 107 cm³/mol. The van der Waals surface area contributed by atoms with E-state index in [4.69, 9.17) is 14.2 Å². The van der Waals surface area contributed by atoms with E-state index in [1.165, 1.54) is 17.7 Å². The van der Waals surface area contributed by atoms with Gasteiger partial charge in [0, 0.05) is 25.2 Å². The molecular formula is C19H23BrN2O5. The molecule has 7 nitrogen and oxygen atoms in total. The van der Waals surface area contributed by atoms with Crippen molar-refractivity contribution < 1.29 is 19.1 Å². The summed E-state index contributed by atoms with van der Waals surface area (Å²) in [5.74, 6) is 2.04. The van der Waals surface area contributed by atoms with Crippen LogP contribution in [-0.2, 0) is 6.42 Å². The molecule has 0 atom stereocenters. The number of likely N-dealkylation sites (N-methyl/N-ethyl adjacent to an activating group) is 1. The van der Waals surface area contributed by atoms with Gasteiger partial charge in [0.15, 0.2) is 11.5 Å². The number of nitro groups is 1. The highest BCUT2D eigenvalue weighted by molar-refractivity contribution is 9.10. The molecule has 0 N–H and O–H groups in total. The number of halogens is 1. The molecule has 2 aromatic rings. The second kappa shape index (κ2) is 10.1. The Balaban J connectivity index is 1.80. The summed E-state index contributed by atoms with van der Waals surface area (Å²) >= 11 is 3.30. The van der Waals surface area contributed by atoms with Crippen molar-refractivity contribution in [2.45, 2.75) is 6.42 Å². The number of nitrogens with zero attached hydrogens (tertiary/aromatic N) is 2. The van der Waals surface area contributed by atoms with Crippen molar-refractivity contribution in [2.24, 2.45) is 0 Å². The van der Waals surface area contributed by atoms with Crippen LogP contribution in [0.5, 0.6) is 17.2 Å².